The highest BCUT2D eigenvalue weighted by atomic mass is 16.3. The Morgan fingerprint density at radius 2 is 1.64 bits per heavy atom. The molecule has 4 rings (SSSR count). The van der Waals surface area contributed by atoms with Crippen molar-refractivity contribution in [2.24, 2.45) is 0 Å². The van der Waals surface area contributed by atoms with Gasteiger partial charge in [0.05, 0.1) is 22.5 Å². The van der Waals surface area contributed by atoms with Crippen LogP contribution in [0.1, 0.15) is 45.7 Å². The smallest absolute Gasteiger partial charge is 0.200 e. The van der Waals surface area contributed by atoms with Crippen molar-refractivity contribution in [2.75, 3.05) is 10.6 Å². The molecule has 0 aromatic heterocycles. The molecule has 0 bridgehead atoms. The topological polar surface area (TPSA) is 78.4 Å². The fourth-order valence-electron chi connectivity index (χ4n) is 3.18. The Morgan fingerprint density at radius 1 is 0.909 bits per heavy atom. The Labute approximate surface area is 127 Å². The van der Waals surface area contributed by atoms with Crippen LogP contribution >= 0.6 is 0 Å². The van der Waals surface area contributed by atoms with Crippen molar-refractivity contribution in [1.82, 2.24) is 0 Å². The van der Waals surface area contributed by atoms with Crippen LogP contribution in [0.4, 0.5) is 11.4 Å². The van der Waals surface area contributed by atoms with Gasteiger partial charge in [0.2, 0.25) is 0 Å². The molecular weight excluding hydrogens is 280 g/mol. The first-order valence-corrected chi connectivity index (χ1v) is 7.04. The van der Waals surface area contributed by atoms with E-state index < -0.39 is 5.66 Å². The van der Waals surface area contributed by atoms with Gasteiger partial charge < -0.3 is 15.7 Å². The Balaban J connectivity index is 2.01. The van der Waals surface area contributed by atoms with Gasteiger partial charge in [-0.3, -0.25) is 9.59 Å². The van der Waals surface area contributed by atoms with E-state index in [0.717, 1.165) is 5.69 Å². The second kappa shape index (κ2) is 3.88. The highest BCUT2D eigenvalue weighted by molar-refractivity contribution is 6.31. The van der Waals surface area contributed by atoms with Gasteiger partial charge in [-0.2, -0.15) is 0 Å². The first-order chi connectivity index (χ1) is 10.4. The molecule has 1 aliphatic carbocycles. The summed E-state index contributed by atoms with van der Waals surface area (Å²) in [5, 5.41) is 16.5. The first kappa shape index (κ1) is 12.9. The number of anilines is 2. The molecule has 5 nitrogen and oxygen atoms in total. The first-order valence-electron chi connectivity index (χ1n) is 7.04. The summed E-state index contributed by atoms with van der Waals surface area (Å²) in [6, 6.07) is 8.03. The summed E-state index contributed by atoms with van der Waals surface area (Å²) in [7, 11) is 0. The molecule has 0 unspecified atom stereocenters. The van der Waals surface area contributed by atoms with Crippen molar-refractivity contribution in [3.05, 3.63) is 52.6 Å². The number of hydrogen-bond acceptors (Lipinski definition) is 5. The summed E-state index contributed by atoms with van der Waals surface area (Å²) < 4.78 is 0. The van der Waals surface area contributed by atoms with Crippen molar-refractivity contribution < 1.29 is 14.7 Å². The van der Waals surface area contributed by atoms with E-state index in [0.29, 0.717) is 16.8 Å². The quantitative estimate of drug-likeness (QED) is 0.594. The zero-order valence-electron chi connectivity index (χ0n) is 12.2. The summed E-state index contributed by atoms with van der Waals surface area (Å²) in [6.45, 7) is 3.89. The molecule has 0 amide bonds. The Morgan fingerprint density at radius 3 is 2.41 bits per heavy atom. The predicted molar refractivity (Wildman–Crippen MR) is 82.7 cm³/mol. The van der Waals surface area contributed by atoms with Crippen LogP contribution in [0.25, 0.3) is 0 Å². The third-order valence-electron chi connectivity index (χ3n) is 4.08. The number of phenolic OH excluding ortho intramolecular Hbond substituents is 1. The second-order valence-electron chi connectivity index (χ2n) is 6.14. The molecule has 22 heavy (non-hydrogen) atoms. The maximum Gasteiger partial charge on any atom is 0.200 e. The van der Waals surface area contributed by atoms with Crippen LogP contribution in [0.5, 0.6) is 5.75 Å². The largest absolute Gasteiger partial charge is 0.507 e. The minimum atomic E-state index is -0.403. The van der Waals surface area contributed by atoms with Crippen LogP contribution in [0.15, 0.2) is 30.3 Å². The molecule has 2 aromatic carbocycles. The van der Waals surface area contributed by atoms with Gasteiger partial charge in [0.15, 0.2) is 11.6 Å². The lowest BCUT2D eigenvalue weighted by atomic mass is 9.82. The van der Waals surface area contributed by atoms with Crippen molar-refractivity contribution in [2.45, 2.75) is 19.5 Å². The molecule has 0 saturated heterocycles. The number of nitrogens with one attached hydrogen (secondary N) is 2. The number of hydrogen-bond donors (Lipinski definition) is 3. The van der Waals surface area contributed by atoms with E-state index in [4.69, 9.17) is 0 Å². The molecule has 3 N–H and O–H groups in total. The van der Waals surface area contributed by atoms with Crippen molar-refractivity contribution in [3.63, 3.8) is 0 Å². The van der Waals surface area contributed by atoms with E-state index in [2.05, 4.69) is 10.6 Å². The highest BCUT2D eigenvalue weighted by Crippen LogP contribution is 2.43. The van der Waals surface area contributed by atoms with E-state index in [9.17, 15) is 14.7 Å². The monoisotopic (exact) mass is 294 g/mol. The fourth-order valence-corrected chi connectivity index (χ4v) is 3.18. The molecule has 2 aliphatic rings. The number of phenols is 1. The third-order valence-corrected chi connectivity index (χ3v) is 4.08. The zero-order valence-corrected chi connectivity index (χ0v) is 12.2. The minimum Gasteiger partial charge on any atom is -0.507 e. The molecular formula is C17H14N2O3. The Kier molecular flexibility index (Phi) is 2.27. The number of aromatic hydroxyl groups is 1. The molecule has 0 atom stereocenters. The normalized spacial score (nSPS) is 17.2. The second-order valence-corrected chi connectivity index (χ2v) is 6.14. The molecule has 0 radical (unpaired) electrons. The fraction of sp³-hybridized carbons (Fsp3) is 0.176. The van der Waals surface area contributed by atoms with Gasteiger partial charge in [0.1, 0.15) is 11.4 Å². The summed E-state index contributed by atoms with van der Waals surface area (Å²) in [5.74, 6) is -0.731. The lowest BCUT2D eigenvalue weighted by Gasteiger charge is -2.22. The van der Waals surface area contributed by atoms with E-state index in [1.54, 1.807) is 24.3 Å². The van der Waals surface area contributed by atoms with Crippen molar-refractivity contribution >= 4 is 22.9 Å². The summed E-state index contributed by atoms with van der Waals surface area (Å²) >= 11 is 0. The average Bonchev–Trinajstić information content (AvgIpc) is 2.77. The Bertz CT molecular complexity index is 868. The van der Waals surface area contributed by atoms with Crippen LogP contribution in [0, 0.1) is 0 Å². The van der Waals surface area contributed by atoms with E-state index in [1.807, 2.05) is 13.8 Å². The summed E-state index contributed by atoms with van der Waals surface area (Å²) in [4.78, 5) is 25.5. The maximum atomic E-state index is 12.9. The van der Waals surface area contributed by atoms with Crippen LogP contribution in [0.3, 0.4) is 0 Å². The van der Waals surface area contributed by atoms with E-state index >= 15 is 0 Å². The lowest BCUT2D eigenvalue weighted by Crippen LogP contribution is -2.34. The summed E-state index contributed by atoms with van der Waals surface area (Å²) in [6.07, 6.45) is 0. The lowest BCUT2D eigenvalue weighted by molar-refractivity contribution is 0.0977. The van der Waals surface area contributed by atoms with E-state index in [1.165, 1.54) is 6.07 Å². The molecule has 110 valence electrons. The van der Waals surface area contributed by atoms with Crippen LogP contribution in [-0.4, -0.2) is 22.3 Å². The van der Waals surface area contributed by atoms with Gasteiger partial charge in [-0.1, -0.05) is 12.1 Å². The molecule has 1 aliphatic heterocycles. The standard InChI is InChI=1S/C17H14N2O3/c1-17(2)18-10-7-6-9-13(14(10)19-17)16(22)12-8(15(9)21)4-3-5-11(12)20/h3-7,18-20H,1-2H3. The van der Waals surface area contributed by atoms with Gasteiger partial charge in [-0.15, -0.1) is 0 Å². The average molecular weight is 294 g/mol. The molecule has 0 spiro atoms. The third kappa shape index (κ3) is 1.53. The number of carbonyl (C=O) groups excluding carboxylic acids is 2. The van der Waals surface area contributed by atoms with Crippen LogP contribution < -0.4 is 10.6 Å². The zero-order chi connectivity index (χ0) is 15.6. The van der Waals surface area contributed by atoms with Crippen LogP contribution in [-0.2, 0) is 0 Å². The molecule has 5 heteroatoms. The number of ketones is 2. The molecule has 1 heterocycles. The number of rotatable bonds is 0. The summed E-state index contributed by atoms with van der Waals surface area (Å²) in [5.41, 5.74) is 2.03. The van der Waals surface area contributed by atoms with Crippen molar-refractivity contribution in [3.8, 4) is 5.75 Å². The van der Waals surface area contributed by atoms with Gasteiger partial charge in [-0.25, -0.2) is 0 Å². The van der Waals surface area contributed by atoms with Gasteiger partial charge in [-0.05, 0) is 32.0 Å². The maximum absolute atomic E-state index is 12.9. The van der Waals surface area contributed by atoms with E-state index in [-0.39, 0.29) is 28.4 Å². The predicted octanol–water partition coefficient (Wildman–Crippen LogP) is 2.74. The number of carbonyl (C=O) groups is 2. The number of benzene rings is 2. The Hall–Kier alpha value is -2.82. The minimum absolute atomic E-state index is 0.0832. The molecule has 0 fully saturated rings. The van der Waals surface area contributed by atoms with Gasteiger partial charge in [0, 0.05) is 11.1 Å². The number of fused-ring (bicyclic) bond motifs is 4. The van der Waals surface area contributed by atoms with Crippen molar-refractivity contribution in [1.29, 1.82) is 0 Å². The molecule has 2 aromatic rings. The molecule has 0 saturated carbocycles. The van der Waals surface area contributed by atoms with Gasteiger partial charge >= 0.3 is 0 Å². The highest BCUT2D eigenvalue weighted by Gasteiger charge is 2.38. The van der Waals surface area contributed by atoms with Crippen LogP contribution in [0.2, 0.25) is 0 Å². The SMILES string of the molecule is CC1(C)Nc2ccc3c(c2N1)C(=O)c1c(O)cccc1C3=O. The van der Waals surface area contributed by atoms with Gasteiger partial charge in [0.25, 0.3) is 0 Å².